The summed E-state index contributed by atoms with van der Waals surface area (Å²) in [5, 5.41) is 4.44. The fraction of sp³-hybridized carbons (Fsp3) is 0.133. The molecule has 1 amide bonds. The fourth-order valence-electron chi connectivity index (χ4n) is 3.72. The summed E-state index contributed by atoms with van der Waals surface area (Å²) in [5.41, 5.74) is 4.37. The molecule has 0 spiro atoms. The maximum atomic E-state index is 13.5. The predicted molar refractivity (Wildman–Crippen MR) is 157 cm³/mol. The molecule has 0 heterocycles. The van der Waals surface area contributed by atoms with Gasteiger partial charge in [0.2, 0.25) is 0 Å². The van der Waals surface area contributed by atoms with Crippen LogP contribution in [0.15, 0.2) is 113 Å². The van der Waals surface area contributed by atoms with Crippen LogP contribution in [0.4, 0.5) is 5.69 Å². The number of carbonyl (C=O) groups excluding carboxylic acids is 1. The number of nitrogens with zero attached hydrogens (tertiary/aromatic N) is 2. The topological polar surface area (TPSA) is 97.3 Å². The third kappa shape index (κ3) is 7.62. The van der Waals surface area contributed by atoms with Gasteiger partial charge in [0.25, 0.3) is 15.9 Å². The average Bonchev–Trinajstić information content (AvgIpc) is 2.97. The van der Waals surface area contributed by atoms with Gasteiger partial charge in [0.1, 0.15) is 24.7 Å². The largest absolute Gasteiger partial charge is 0.494 e. The molecule has 8 nitrogen and oxygen atoms in total. The van der Waals surface area contributed by atoms with Crippen LogP contribution in [0.3, 0.4) is 0 Å². The first-order valence-corrected chi connectivity index (χ1v) is 14.3. The molecule has 0 aliphatic heterocycles. The third-order valence-electron chi connectivity index (χ3n) is 5.67. The second-order valence-corrected chi connectivity index (χ2v) is 10.8. The fourth-order valence-corrected chi connectivity index (χ4v) is 5.26. The number of ether oxygens (including phenoxy) is 2. The van der Waals surface area contributed by atoms with E-state index in [2.05, 4.69) is 10.5 Å². The van der Waals surface area contributed by atoms with Crippen LogP contribution in [0.25, 0.3) is 0 Å². The molecule has 1 N–H and O–H groups in total. The quantitative estimate of drug-likeness (QED) is 0.173. The summed E-state index contributed by atoms with van der Waals surface area (Å²) in [6, 6.07) is 29.2. The molecule has 0 unspecified atom stereocenters. The number of amides is 1. The smallest absolute Gasteiger partial charge is 0.264 e. The van der Waals surface area contributed by atoms with E-state index in [0.29, 0.717) is 35.3 Å². The first-order valence-electron chi connectivity index (χ1n) is 12.5. The Morgan fingerprint density at radius 2 is 1.57 bits per heavy atom. The number of sulfonamides is 1. The highest BCUT2D eigenvalue weighted by Gasteiger charge is 2.27. The lowest BCUT2D eigenvalue weighted by Gasteiger charge is -2.24. The van der Waals surface area contributed by atoms with Gasteiger partial charge in [-0.1, -0.05) is 54.1 Å². The van der Waals surface area contributed by atoms with Crippen molar-refractivity contribution in [2.45, 2.75) is 18.4 Å². The molecule has 0 radical (unpaired) electrons. The number of rotatable bonds is 12. The zero-order chi connectivity index (χ0) is 28.4. The lowest BCUT2D eigenvalue weighted by molar-refractivity contribution is -0.119. The molecule has 4 rings (SSSR count). The number of nitrogens with one attached hydrogen (secondary N) is 1. The molecule has 0 atom stereocenters. The first kappa shape index (κ1) is 28.7. The number of carbonyl (C=O) groups is 1. The molecule has 0 aromatic heterocycles. The molecule has 0 bridgehead atoms. The van der Waals surface area contributed by atoms with Gasteiger partial charge >= 0.3 is 0 Å². The molecule has 0 saturated heterocycles. The highest BCUT2D eigenvalue weighted by atomic mass is 35.5. The Hall–Kier alpha value is -4.34. The van der Waals surface area contributed by atoms with Crippen molar-refractivity contribution < 1.29 is 22.7 Å². The Bertz CT molecular complexity index is 1540. The van der Waals surface area contributed by atoms with E-state index in [0.717, 1.165) is 9.87 Å². The van der Waals surface area contributed by atoms with Crippen molar-refractivity contribution in [3.63, 3.8) is 0 Å². The van der Waals surface area contributed by atoms with Crippen molar-refractivity contribution in [2.75, 3.05) is 17.5 Å². The Labute approximate surface area is 238 Å². The van der Waals surface area contributed by atoms with Gasteiger partial charge in [-0.25, -0.2) is 13.8 Å². The normalized spacial score (nSPS) is 11.2. The summed E-state index contributed by atoms with van der Waals surface area (Å²) in [6.07, 6.45) is 1.45. The molecule has 4 aromatic rings. The van der Waals surface area contributed by atoms with Crippen LogP contribution >= 0.6 is 11.6 Å². The number of anilines is 1. The molecule has 10 heteroatoms. The Morgan fingerprint density at radius 1 is 0.900 bits per heavy atom. The van der Waals surface area contributed by atoms with E-state index in [9.17, 15) is 13.2 Å². The molecule has 0 aliphatic rings. The van der Waals surface area contributed by atoms with E-state index in [1.807, 2.05) is 49.4 Å². The molecule has 206 valence electrons. The molecular formula is C30H28ClN3O5S. The van der Waals surface area contributed by atoms with Crippen LogP contribution < -0.4 is 19.2 Å². The molecule has 0 fully saturated rings. The third-order valence-corrected chi connectivity index (χ3v) is 7.71. The minimum atomic E-state index is -4.11. The molecule has 0 saturated carbocycles. The van der Waals surface area contributed by atoms with Crippen LogP contribution in [-0.2, 0) is 21.4 Å². The SMILES string of the molecule is CCOc1ccc(N(CC(=O)N/N=C\c2ccccc2OCc2ccccc2)S(=O)(=O)c2ccc(Cl)cc2)cc1. The standard InChI is InChI=1S/C30H28ClN3O5S/c1-2-38-27-16-14-26(15-17-27)34(40(36,37)28-18-12-25(31)13-19-28)21-30(35)33-32-20-24-10-6-7-11-29(24)39-22-23-8-4-3-5-9-23/h3-20H,2,21-22H2,1H3,(H,33,35)/b32-20-. The Balaban J connectivity index is 1.49. The number of hydrogen-bond acceptors (Lipinski definition) is 6. The van der Waals surface area contributed by atoms with Gasteiger partial charge in [-0.15, -0.1) is 0 Å². The summed E-state index contributed by atoms with van der Waals surface area (Å²) in [5.74, 6) is 0.535. The predicted octanol–water partition coefficient (Wildman–Crippen LogP) is 5.66. The summed E-state index contributed by atoms with van der Waals surface area (Å²) < 4.78 is 39.5. The summed E-state index contributed by atoms with van der Waals surface area (Å²) in [4.78, 5) is 12.9. The van der Waals surface area contributed by atoms with Crippen molar-refractivity contribution >= 4 is 39.4 Å². The minimum absolute atomic E-state index is 0.00780. The average molecular weight is 578 g/mol. The second-order valence-electron chi connectivity index (χ2n) is 8.50. The van der Waals surface area contributed by atoms with Crippen LogP contribution in [0.2, 0.25) is 5.02 Å². The molecule has 0 aliphatic carbocycles. The molecule has 4 aromatic carbocycles. The van der Waals surface area contributed by atoms with Gasteiger partial charge in [0.15, 0.2) is 0 Å². The van der Waals surface area contributed by atoms with E-state index < -0.39 is 22.5 Å². The Morgan fingerprint density at radius 3 is 2.27 bits per heavy atom. The summed E-state index contributed by atoms with van der Waals surface area (Å²) >= 11 is 5.95. The summed E-state index contributed by atoms with van der Waals surface area (Å²) in [6.45, 7) is 2.18. The number of halogens is 1. The molecular weight excluding hydrogens is 550 g/mol. The van der Waals surface area contributed by atoms with Crippen molar-refractivity contribution in [3.05, 3.63) is 119 Å². The van der Waals surface area contributed by atoms with Crippen LogP contribution in [0.5, 0.6) is 11.5 Å². The second kappa shape index (κ2) is 13.6. The number of para-hydroxylation sites is 1. The van der Waals surface area contributed by atoms with Crippen LogP contribution in [0, 0.1) is 0 Å². The number of benzene rings is 4. The van der Waals surface area contributed by atoms with Gasteiger partial charge in [-0.05, 0) is 73.2 Å². The summed E-state index contributed by atoms with van der Waals surface area (Å²) in [7, 11) is -4.11. The zero-order valence-electron chi connectivity index (χ0n) is 21.7. The van der Waals surface area contributed by atoms with Crippen molar-refractivity contribution in [1.29, 1.82) is 0 Å². The van der Waals surface area contributed by atoms with Gasteiger partial charge in [0, 0.05) is 10.6 Å². The monoisotopic (exact) mass is 577 g/mol. The van der Waals surface area contributed by atoms with E-state index in [1.54, 1.807) is 36.4 Å². The highest BCUT2D eigenvalue weighted by Crippen LogP contribution is 2.26. The van der Waals surface area contributed by atoms with E-state index in [-0.39, 0.29) is 10.6 Å². The first-order chi connectivity index (χ1) is 19.4. The minimum Gasteiger partial charge on any atom is -0.494 e. The maximum Gasteiger partial charge on any atom is 0.264 e. The van der Waals surface area contributed by atoms with Crippen molar-refractivity contribution in [3.8, 4) is 11.5 Å². The van der Waals surface area contributed by atoms with E-state index >= 15 is 0 Å². The van der Waals surface area contributed by atoms with Gasteiger partial charge in [-0.2, -0.15) is 5.10 Å². The van der Waals surface area contributed by atoms with Crippen LogP contribution in [-0.4, -0.2) is 33.7 Å². The molecule has 40 heavy (non-hydrogen) atoms. The maximum absolute atomic E-state index is 13.5. The van der Waals surface area contributed by atoms with Crippen LogP contribution in [0.1, 0.15) is 18.1 Å². The Kier molecular flexibility index (Phi) is 9.77. The number of hydrazone groups is 1. The lowest BCUT2D eigenvalue weighted by Crippen LogP contribution is -2.39. The zero-order valence-corrected chi connectivity index (χ0v) is 23.3. The van der Waals surface area contributed by atoms with Gasteiger partial charge in [0.05, 0.1) is 23.4 Å². The highest BCUT2D eigenvalue weighted by molar-refractivity contribution is 7.92. The number of hydrogen-bond donors (Lipinski definition) is 1. The van der Waals surface area contributed by atoms with Crippen molar-refractivity contribution in [1.82, 2.24) is 5.43 Å². The van der Waals surface area contributed by atoms with Gasteiger partial charge in [-0.3, -0.25) is 9.10 Å². The van der Waals surface area contributed by atoms with E-state index in [4.69, 9.17) is 21.1 Å². The van der Waals surface area contributed by atoms with Gasteiger partial charge < -0.3 is 9.47 Å². The van der Waals surface area contributed by atoms with E-state index in [1.165, 1.54) is 30.5 Å². The lowest BCUT2D eigenvalue weighted by atomic mass is 10.2. The van der Waals surface area contributed by atoms with Crippen molar-refractivity contribution in [2.24, 2.45) is 5.10 Å².